The molecule has 3 atom stereocenters. The topological polar surface area (TPSA) is 109 Å². The second-order valence-corrected chi connectivity index (χ2v) is 7.33. The average Bonchev–Trinajstić information content (AvgIpc) is 3.39. The molecule has 1 aliphatic heterocycles. The van der Waals surface area contributed by atoms with Crippen molar-refractivity contribution in [2.75, 3.05) is 6.54 Å². The summed E-state index contributed by atoms with van der Waals surface area (Å²) < 4.78 is 2.23. The van der Waals surface area contributed by atoms with Crippen LogP contribution >= 0.6 is 0 Å². The Kier molecular flexibility index (Phi) is 3.70. The van der Waals surface area contributed by atoms with Gasteiger partial charge in [-0.3, -0.25) is 9.39 Å². The zero-order valence-electron chi connectivity index (χ0n) is 15.1. The van der Waals surface area contributed by atoms with Crippen LogP contribution in [0.5, 0.6) is 0 Å². The predicted octanol–water partition coefficient (Wildman–Crippen LogP) is 1.97. The van der Waals surface area contributed by atoms with Gasteiger partial charge < -0.3 is 16.0 Å². The van der Waals surface area contributed by atoms with E-state index in [1.54, 1.807) is 6.21 Å². The van der Waals surface area contributed by atoms with Crippen molar-refractivity contribution in [2.24, 2.45) is 21.6 Å². The Labute approximate surface area is 156 Å². The summed E-state index contributed by atoms with van der Waals surface area (Å²) in [7, 11) is 0. The fourth-order valence-corrected chi connectivity index (χ4v) is 4.29. The number of hydrogen-bond acceptors (Lipinski definition) is 5. The zero-order valence-corrected chi connectivity index (χ0v) is 15.1. The number of hydrogen-bond donors (Lipinski definition) is 3. The third kappa shape index (κ3) is 2.68. The molecule has 5 rings (SSSR count). The Bertz CT molecular complexity index is 1090. The smallest absolute Gasteiger partial charge is 0.156 e. The first kappa shape index (κ1) is 16.0. The van der Waals surface area contributed by atoms with E-state index >= 15 is 0 Å². The minimum Gasteiger partial charge on any atom is -0.403 e. The lowest BCUT2D eigenvalue weighted by molar-refractivity contribution is 0.520. The lowest BCUT2D eigenvalue weighted by Gasteiger charge is -2.15. The minimum absolute atomic E-state index is 0.274. The Morgan fingerprint density at radius 2 is 2.22 bits per heavy atom. The first-order chi connectivity index (χ1) is 13.2. The average molecular weight is 362 g/mol. The number of nitrogens with zero attached hydrogens (tertiary/aromatic N) is 5. The second-order valence-electron chi connectivity index (χ2n) is 7.33. The van der Waals surface area contributed by atoms with Crippen molar-refractivity contribution in [2.45, 2.75) is 31.7 Å². The number of amidine groups is 1. The van der Waals surface area contributed by atoms with Gasteiger partial charge in [0, 0.05) is 30.2 Å². The van der Waals surface area contributed by atoms with Crippen molar-refractivity contribution < 1.29 is 0 Å². The largest absolute Gasteiger partial charge is 0.403 e. The number of imidazole rings is 1. The van der Waals surface area contributed by atoms with Gasteiger partial charge in [-0.05, 0) is 24.8 Å². The molecule has 8 heteroatoms. The third-order valence-corrected chi connectivity index (χ3v) is 5.62. The highest BCUT2D eigenvalue weighted by Crippen LogP contribution is 2.41. The van der Waals surface area contributed by atoms with E-state index in [-0.39, 0.29) is 6.04 Å². The summed E-state index contributed by atoms with van der Waals surface area (Å²) in [6.07, 6.45) is 11.1. The summed E-state index contributed by atoms with van der Waals surface area (Å²) in [5.74, 6) is 1.78. The molecule has 1 unspecified atom stereocenters. The van der Waals surface area contributed by atoms with Gasteiger partial charge in [0.05, 0.1) is 36.2 Å². The van der Waals surface area contributed by atoms with Crippen molar-refractivity contribution in [1.29, 1.82) is 0 Å². The van der Waals surface area contributed by atoms with Crippen LogP contribution in [0.3, 0.4) is 0 Å². The van der Waals surface area contributed by atoms with E-state index in [2.05, 4.69) is 42.7 Å². The molecule has 1 saturated carbocycles. The molecule has 1 fully saturated rings. The summed E-state index contributed by atoms with van der Waals surface area (Å²) in [6.45, 7) is 2.93. The van der Waals surface area contributed by atoms with E-state index in [9.17, 15) is 0 Å². The molecule has 4 N–H and O–H groups in total. The molecule has 1 aliphatic carbocycles. The Morgan fingerprint density at radius 1 is 1.30 bits per heavy atom. The molecule has 0 spiro atoms. The van der Waals surface area contributed by atoms with Gasteiger partial charge >= 0.3 is 0 Å². The normalized spacial score (nSPS) is 28.6. The number of aliphatic imine (C=N–C) groups is 2. The van der Waals surface area contributed by atoms with Crippen LogP contribution in [0.15, 0.2) is 46.5 Å². The molecule has 0 bridgehead atoms. The highest BCUT2D eigenvalue weighted by atomic mass is 15.1. The maximum absolute atomic E-state index is 5.51. The quantitative estimate of drug-likeness (QED) is 0.647. The fraction of sp³-hybridized carbons (Fsp3) is 0.368. The van der Waals surface area contributed by atoms with Gasteiger partial charge in [-0.2, -0.15) is 0 Å². The third-order valence-electron chi connectivity index (χ3n) is 5.62. The van der Waals surface area contributed by atoms with Gasteiger partial charge in [0.2, 0.25) is 0 Å². The number of nitrogens with two attached hydrogens (primary N) is 1. The molecule has 138 valence electrons. The van der Waals surface area contributed by atoms with E-state index in [1.807, 2.05) is 18.6 Å². The number of aromatic amines is 1. The number of rotatable bonds is 2. The monoisotopic (exact) mass is 362 g/mol. The van der Waals surface area contributed by atoms with E-state index < -0.39 is 0 Å². The molecule has 0 saturated heterocycles. The van der Waals surface area contributed by atoms with Gasteiger partial charge in [-0.1, -0.05) is 6.92 Å². The molecular formula is C19H22N8. The lowest BCUT2D eigenvalue weighted by Crippen LogP contribution is -2.28. The molecular weight excluding hydrogens is 340 g/mol. The van der Waals surface area contributed by atoms with Gasteiger partial charge in [0.15, 0.2) is 11.3 Å². The van der Waals surface area contributed by atoms with E-state index in [4.69, 9.17) is 10.7 Å². The van der Waals surface area contributed by atoms with Crippen molar-refractivity contribution in [3.63, 3.8) is 0 Å². The van der Waals surface area contributed by atoms with E-state index in [1.165, 1.54) is 11.9 Å². The Morgan fingerprint density at radius 3 is 3.04 bits per heavy atom. The molecule has 0 aromatic carbocycles. The predicted molar refractivity (Wildman–Crippen MR) is 106 cm³/mol. The van der Waals surface area contributed by atoms with Crippen LogP contribution in [0, 0.1) is 5.92 Å². The van der Waals surface area contributed by atoms with Crippen LogP contribution in [-0.4, -0.2) is 44.0 Å². The van der Waals surface area contributed by atoms with Gasteiger partial charge in [0.25, 0.3) is 0 Å². The second kappa shape index (κ2) is 6.22. The molecule has 3 aromatic rings. The lowest BCUT2D eigenvalue weighted by atomic mass is 9.95. The SMILES string of the molecule is C[C@@H]1C[C@H](N=C2CNC(=CN)C=N2)CC1c1cnc2cnc3[nH]ccc3n12. The number of allylic oxidation sites excluding steroid dienone is 1. The van der Waals surface area contributed by atoms with Crippen molar-refractivity contribution in [1.82, 2.24) is 24.7 Å². The van der Waals surface area contributed by atoms with Crippen LogP contribution in [0.4, 0.5) is 0 Å². The minimum atomic E-state index is 0.274. The summed E-state index contributed by atoms with van der Waals surface area (Å²) in [4.78, 5) is 21.5. The number of H-pyrrole nitrogens is 1. The van der Waals surface area contributed by atoms with Crippen molar-refractivity contribution >= 4 is 28.9 Å². The van der Waals surface area contributed by atoms with Crippen LogP contribution < -0.4 is 11.1 Å². The molecule has 4 heterocycles. The van der Waals surface area contributed by atoms with E-state index in [0.29, 0.717) is 18.4 Å². The number of nitrogens with one attached hydrogen (secondary N) is 2. The zero-order chi connectivity index (χ0) is 18.4. The van der Waals surface area contributed by atoms with Crippen LogP contribution in [0.25, 0.3) is 16.8 Å². The maximum atomic E-state index is 5.51. The summed E-state index contributed by atoms with van der Waals surface area (Å²) in [5, 5.41) is 3.22. The first-order valence-corrected chi connectivity index (χ1v) is 9.29. The summed E-state index contributed by atoms with van der Waals surface area (Å²) >= 11 is 0. The molecule has 8 nitrogen and oxygen atoms in total. The summed E-state index contributed by atoms with van der Waals surface area (Å²) in [6, 6.07) is 2.33. The van der Waals surface area contributed by atoms with E-state index in [0.717, 1.165) is 41.2 Å². The van der Waals surface area contributed by atoms with Gasteiger partial charge in [-0.15, -0.1) is 0 Å². The summed E-state index contributed by atoms with van der Waals surface area (Å²) in [5.41, 5.74) is 10.4. The highest BCUT2D eigenvalue weighted by Gasteiger charge is 2.34. The fourth-order valence-electron chi connectivity index (χ4n) is 4.29. The molecule has 27 heavy (non-hydrogen) atoms. The molecule has 2 aliphatic rings. The van der Waals surface area contributed by atoms with Crippen molar-refractivity contribution in [3.8, 4) is 0 Å². The van der Waals surface area contributed by atoms with Crippen LogP contribution in [-0.2, 0) is 0 Å². The first-order valence-electron chi connectivity index (χ1n) is 9.29. The standard InChI is InChI=1S/C19H22N8/c1-11-4-12(26-17-9-22-13(6-20)7-23-17)5-14(11)16-8-24-18-10-25-19-15(27(16)18)2-3-21-19/h2-3,6-8,10-12,14,21-22H,4-5,9,20H2,1H3/t11-,12+,14?/m1/s1. The number of aromatic nitrogens is 4. The molecule has 0 radical (unpaired) electrons. The highest BCUT2D eigenvalue weighted by molar-refractivity contribution is 5.98. The maximum Gasteiger partial charge on any atom is 0.156 e. The molecule has 0 amide bonds. The van der Waals surface area contributed by atoms with Crippen LogP contribution in [0.2, 0.25) is 0 Å². The van der Waals surface area contributed by atoms with Crippen LogP contribution in [0.1, 0.15) is 31.4 Å². The van der Waals surface area contributed by atoms with Gasteiger partial charge in [0.1, 0.15) is 5.84 Å². The Balaban J connectivity index is 1.45. The van der Waals surface area contributed by atoms with Crippen molar-refractivity contribution in [3.05, 3.63) is 42.2 Å². The molecule has 3 aromatic heterocycles. The number of fused-ring (bicyclic) bond motifs is 3. The Hall–Kier alpha value is -3.16. The van der Waals surface area contributed by atoms with Gasteiger partial charge in [-0.25, -0.2) is 15.0 Å².